The lowest BCUT2D eigenvalue weighted by Crippen LogP contribution is -1.84. The summed E-state index contributed by atoms with van der Waals surface area (Å²) in [6.07, 6.45) is 0.568. The molecule has 1 heterocycles. The van der Waals surface area contributed by atoms with Crippen LogP contribution in [0.2, 0.25) is 5.02 Å². The molecule has 0 aliphatic rings. The second-order valence-corrected chi connectivity index (χ2v) is 4.71. The van der Waals surface area contributed by atoms with E-state index in [0.717, 1.165) is 10.0 Å². The van der Waals surface area contributed by atoms with Gasteiger partial charge < -0.3 is 4.42 Å². The van der Waals surface area contributed by atoms with Crippen molar-refractivity contribution in [3.05, 3.63) is 33.6 Å². The van der Waals surface area contributed by atoms with E-state index in [-0.39, 0.29) is 0 Å². The van der Waals surface area contributed by atoms with Gasteiger partial charge >= 0.3 is 0 Å². The van der Waals surface area contributed by atoms with Crippen LogP contribution < -0.4 is 0 Å². The Morgan fingerprint density at radius 2 is 2.12 bits per heavy atom. The van der Waals surface area contributed by atoms with E-state index in [4.69, 9.17) is 27.6 Å². The summed E-state index contributed by atoms with van der Waals surface area (Å²) >= 11 is 14.9. The first-order chi connectivity index (χ1) is 7.70. The van der Waals surface area contributed by atoms with Gasteiger partial charge in [-0.05, 0) is 34.1 Å². The summed E-state index contributed by atoms with van der Waals surface area (Å²) in [5, 5.41) is 8.41. The van der Waals surface area contributed by atoms with Crippen molar-refractivity contribution in [2.45, 2.75) is 6.42 Å². The van der Waals surface area contributed by atoms with Crippen LogP contribution in [-0.2, 0) is 6.42 Å². The molecule has 0 aliphatic carbocycles. The molecule has 2 rings (SSSR count). The lowest BCUT2D eigenvalue weighted by Gasteiger charge is -1.97. The molecule has 3 nitrogen and oxygen atoms in total. The average Bonchev–Trinajstić information content (AvgIpc) is 2.71. The highest BCUT2D eigenvalue weighted by Gasteiger charge is 2.09. The zero-order chi connectivity index (χ0) is 11.5. The summed E-state index contributed by atoms with van der Waals surface area (Å²) in [5.74, 6) is 1.45. The van der Waals surface area contributed by atoms with Crippen LogP contribution in [0, 0.1) is 0 Å². The minimum atomic E-state index is 0.453. The summed E-state index contributed by atoms with van der Waals surface area (Å²) in [4.78, 5) is 0. The highest BCUT2D eigenvalue weighted by molar-refractivity contribution is 9.10. The molecule has 1 aromatic heterocycles. The zero-order valence-corrected chi connectivity index (χ0v) is 11.2. The van der Waals surface area contributed by atoms with Crippen molar-refractivity contribution in [2.75, 3.05) is 5.88 Å². The first kappa shape index (κ1) is 11.9. The van der Waals surface area contributed by atoms with E-state index in [1.54, 1.807) is 6.07 Å². The summed E-state index contributed by atoms with van der Waals surface area (Å²) < 4.78 is 6.26. The van der Waals surface area contributed by atoms with Crippen LogP contribution in [0.3, 0.4) is 0 Å². The van der Waals surface area contributed by atoms with Gasteiger partial charge in [0, 0.05) is 22.3 Å². The second-order valence-electron chi connectivity index (χ2n) is 3.07. The van der Waals surface area contributed by atoms with E-state index in [9.17, 15) is 0 Å². The highest BCUT2D eigenvalue weighted by Crippen LogP contribution is 2.28. The fourth-order valence-corrected chi connectivity index (χ4v) is 1.77. The number of rotatable bonds is 3. The molecule has 0 unspecified atom stereocenters. The van der Waals surface area contributed by atoms with Crippen LogP contribution in [0.4, 0.5) is 0 Å². The normalized spacial score (nSPS) is 10.7. The SMILES string of the molecule is ClCCc1nnc(-c2ccc(Br)c(Cl)c2)o1. The highest BCUT2D eigenvalue weighted by atomic mass is 79.9. The molecule has 0 N–H and O–H groups in total. The van der Waals surface area contributed by atoms with E-state index in [2.05, 4.69) is 26.1 Å². The third-order valence-electron chi connectivity index (χ3n) is 1.94. The van der Waals surface area contributed by atoms with Gasteiger partial charge in [0.2, 0.25) is 11.8 Å². The lowest BCUT2D eigenvalue weighted by atomic mass is 10.2. The van der Waals surface area contributed by atoms with Crippen molar-refractivity contribution < 1.29 is 4.42 Å². The van der Waals surface area contributed by atoms with Gasteiger partial charge in [-0.3, -0.25) is 0 Å². The Kier molecular flexibility index (Phi) is 3.84. The van der Waals surface area contributed by atoms with Gasteiger partial charge in [-0.2, -0.15) is 0 Å². The van der Waals surface area contributed by atoms with Crippen molar-refractivity contribution >= 4 is 39.1 Å². The minimum Gasteiger partial charge on any atom is -0.421 e. The molecule has 0 spiro atoms. The van der Waals surface area contributed by atoms with Crippen LogP contribution in [0.15, 0.2) is 27.1 Å². The molecule has 0 aliphatic heterocycles. The predicted octanol–water partition coefficient (Wildman–Crippen LogP) is 3.93. The molecule has 0 fully saturated rings. The van der Waals surface area contributed by atoms with Gasteiger partial charge in [-0.1, -0.05) is 11.6 Å². The van der Waals surface area contributed by atoms with E-state index >= 15 is 0 Å². The maximum absolute atomic E-state index is 5.97. The standard InChI is InChI=1S/C10H7BrCl2N2O/c11-7-2-1-6(5-8(7)13)10-15-14-9(16-10)3-4-12/h1-2,5H,3-4H2. The second kappa shape index (κ2) is 5.17. The van der Waals surface area contributed by atoms with Crippen molar-refractivity contribution in [2.24, 2.45) is 0 Å². The van der Waals surface area contributed by atoms with Crippen molar-refractivity contribution in [3.63, 3.8) is 0 Å². The average molecular weight is 322 g/mol. The van der Waals surface area contributed by atoms with Crippen molar-refractivity contribution in [1.82, 2.24) is 10.2 Å². The minimum absolute atomic E-state index is 0.453. The molecule has 0 saturated heterocycles. The number of halogens is 3. The van der Waals surface area contributed by atoms with Gasteiger partial charge in [0.1, 0.15) is 0 Å². The fraction of sp³-hybridized carbons (Fsp3) is 0.200. The van der Waals surface area contributed by atoms with Crippen LogP contribution in [0.25, 0.3) is 11.5 Å². The molecule has 84 valence electrons. The summed E-state index contributed by atoms with van der Waals surface area (Å²) in [6.45, 7) is 0. The van der Waals surface area contributed by atoms with Crippen LogP contribution in [0.5, 0.6) is 0 Å². The molecule has 0 saturated carbocycles. The third-order valence-corrected chi connectivity index (χ3v) is 3.36. The number of alkyl halides is 1. The Hall–Kier alpha value is -0.580. The van der Waals surface area contributed by atoms with Crippen molar-refractivity contribution in [3.8, 4) is 11.5 Å². The zero-order valence-electron chi connectivity index (χ0n) is 8.08. The molecular weight excluding hydrogens is 315 g/mol. The van der Waals surface area contributed by atoms with Crippen LogP contribution >= 0.6 is 39.1 Å². The Morgan fingerprint density at radius 3 is 2.81 bits per heavy atom. The summed E-state index contributed by atoms with van der Waals surface area (Å²) in [7, 11) is 0. The fourth-order valence-electron chi connectivity index (χ4n) is 1.18. The molecule has 6 heteroatoms. The lowest BCUT2D eigenvalue weighted by molar-refractivity contribution is 0.513. The summed E-state index contributed by atoms with van der Waals surface area (Å²) in [5.41, 5.74) is 0.793. The van der Waals surface area contributed by atoms with E-state index in [1.807, 2.05) is 12.1 Å². The Balaban J connectivity index is 2.31. The maximum Gasteiger partial charge on any atom is 0.247 e. The topological polar surface area (TPSA) is 38.9 Å². The van der Waals surface area contributed by atoms with Gasteiger partial charge in [0.25, 0.3) is 0 Å². The predicted molar refractivity (Wildman–Crippen MR) is 66.9 cm³/mol. The Morgan fingerprint density at radius 1 is 1.31 bits per heavy atom. The number of aryl methyl sites for hydroxylation is 1. The van der Waals surface area contributed by atoms with Crippen LogP contribution in [-0.4, -0.2) is 16.1 Å². The van der Waals surface area contributed by atoms with E-state index in [1.165, 1.54) is 0 Å². The number of hydrogen-bond acceptors (Lipinski definition) is 3. The molecule has 0 bridgehead atoms. The van der Waals surface area contributed by atoms with Gasteiger partial charge in [0.15, 0.2) is 0 Å². The molecule has 0 amide bonds. The Bertz CT molecular complexity index is 501. The van der Waals surface area contributed by atoms with Gasteiger partial charge in [-0.15, -0.1) is 21.8 Å². The van der Waals surface area contributed by atoms with Crippen molar-refractivity contribution in [1.29, 1.82) is 0 Å². The summed E-state index contributed by atoms with van der Waals surface area (Å²) in [6, 6.07) is 5.46. The number of benzene rings is 1. The van der Waals surface area contributed by atoms with Crippen LogP contribution in [0.1, 0.15) is 5.89 Å². The molecule has 16 heavy (non-hydrogen) atoms. The molecule has 1 aromatic carbocycles. The molecule has 0 radical (unpaired) electrons. The number of hydrogen-bond donors (Lipinski definition) is 0. The molecule has 2 aromatic rings. The number of aromatic nitrogens is 2. The first-order valence-electron chi connectivity index (χ1n) is 4.54. The smallest absolute Gasteiger partial charge is 0.247 e. The monoisotopic (exact) mass is 320 g/mol. The van der Waals surface area contributed by atoms with E-state index in [0.29, 0.717) is 29.1 Å². The van der Waals surface area contributed by atoms with Gasteiger partial charge in [0.05, 0.1) is 5.02 Å². The maximum atomic E-state index is 5.97. The molecular formula is C10H7BrCl2N2O. The quantitative estimate of drug-likeness (QED) is 0.804. The first-order valence-corrected chi connectivity index (χ1v) is 6.25. The van der Waals surface area contributed by atoms with Gasteiger partial charge in [-0.25, -0.2) is 0 Å². The Labute approximate surface area is 111 Å². The molecule has 0 atom stereocenters. The number of nitrogens with zero attached hydrogens (tertiary/aromatic N) is 2. The van der Waals surface area contributed by atoms with E-state index < -0.39 is 0 Å². The largest absolute Gasteiger partial charge is 0.421 e. The third kappa shape index (κ3) is 2.56.